The van der Waals surface area contributed by atoms with E-state index in [1.54, 1.807) is 12.1 Å². The van der Waals surface area contributed by atoms with E-state index in [2.05, 4.69) is 94.1 Å². The first-order valence-electron chi connectivity index (χ1n) is 17.7. The number of benzene rings is 5. The van der Waals surface area contributed by atoms with Crippen molar-refractivity contribution < 1.29 is 28.9 Å². The Balaban J connectivity index is 0.000000206. The molecule has 5 aromatic carbocycles. The Bertz CT molecular complexity index is 2510. The summed E-state index contributed by atoms with van der Waals surface area (Å²) in [7, 11) is -1.34. The number of hydrogen-bond acceptors (Lipinski definition) is 3. The second-order valence-electron chi connectivity index (χ2n) is 14.5. The van der Waals surface area contributed by atoms with Crippen LogP contribution in [0, 0.1) is 24.9 Å². The summed E-state index contributed by atoms with van der Waals surface area (Å²) in [6, 6.07) is 45.7. The van der Waals surface area contributed by atoms with Gasteiger partial charge in [0, 0.05) is 49.0 Å². The smallest absolute Gasteiger partial charge is 0.131 e. The fourth-order valence-electron chi connectivity index (χ4n) is 6.68. The third-order valence-electron chi connectivity index (χ3n) is 9.42. The Labute approximate surface area is 326 Å². The molecule has 0 fully saturated rings. The molecule has 267 valence electrons. The molecule has 0 amide bonds. The normalized spacial score (nSPS) is 11.3. The molecule has 0 spiro atoms. The number of halogens is 1. The summed E-state index contributed by atoms with van der Waals surface area (Å²) in [6.45, 7) is 13.8. The first-order valence-corrected chi connectivity index (χ1v) is 21.2. The monoisotopic (exact) mass is 889 g/mol. The third kappa shape index (κ3) is 8.01. The average Bonchev–Trinajstić information content (AvgIpc) is 3.53. The largest absolute Gasteiger partial charge is 0.501 e. The number of aromatic nitrogens is 2. The molecule has 6 heteroatoms. The average molecular weight is 889 g/mol. The first-order chi connectivity index (χ1) is 25.1. The molecule has 0 saturated heterocycles. The Hall–Kier alpha value is -5.00. The van der Waals surface area contributed by atoms with Gasteiger partial charge in [-0.1, -0.05) is 123 Å². The summed E-state index contributed by atoms with van der Waals surface area (Å²) >= 11 is 0. The fourth-order valence-corrected chi connectivity index (χ4v) is 8.36. The molecule has 0 atom stereocenters. The molecule has 0 bridgehead atoms. The van der Waals surface area contributed by atoms with Gasteiger partial charge in [0.05, 0.1) is 13.7 Å². The van der Waals surface area contributed by atoms with Crippen LogP contribution in [0.2, 0.25) is 19.6 Å². The number of furan rings is 1. The molecule has 0 unspecified atom stereocenters. The molecule has 0 saturated carbocycles. The van der Waals surface area contributed by atoms with Gasteiger partial charge in [-0.05, 0) is 58.2 Å². The third-order valence-corrected chi connectivity index (χ3v) is 11.5. The van der Waals surface area contributed by atoms with Crippen LogP contribution in [0.1, 0.15) is 30.9 Å². The zero-order valence-electron chi connectivity index (χ0n) is 30.8. The summed E-state index contributed by atoms with van der Waals surface area (Å²) < 4.78 is 20.6. The molecule has 8 rings (SSSR count). The van der Waals surface area contributed by atoms with E-state index in [1.807, 2.05) is 79.0 Å². The maximum atomic E-state index is 14.3. The SMILES string of the molecule is CC(C)c1cc(-c2[c-]cccc2)ncc1[Si](C)(C)C.Cc1cc(-c2[c-]ccc3c2oc2cc(-c4ccccc4F)ccc23)ncc1-c1ccccc1.[Ir]. The summed E-state index contributed by atoms with van der Waals surface area (Å²) in [6.07, 6.45) is 4.00. The number of aryl methyl sites for hydroxylation is 1. The van der Waals surface area contributed by atoms with Crippen LogP contribution in [0.5, 0.6) is 0 Å². The van der Waals surface area contributed by atoms with E-state index in [-0.39, 0.29) is 25.9 Å². The van der Waals surface area contributed by atoms with E-state index in [1.165, 1.54) is 16.8 Å². The van der Waals surface area contributed by atoms with Gasteiger partial charge < -0.3 is 14.4 Å². The van der Waals surface area contributed by atoms with Crippen LogP contribution in [-0.4, -0.2) is 18.0 Å². The second kappa shape index (κ2) is 15.9. The number of nitrogens with zero attached hydrogens (tertiary/aromatic N) is 2. The molecule has 3 nitrogen and oxygen atoms in total. The standard InChI is InChI=1S/C30H19FNO.C17H22NSi.Ir/c1-19-16-28(32-18-26(19)20-8-3-2-4-9-20)25-12-7-11-24-23-15-14-21(17-29(23)33-30(24)25)22-10-5-6-13-27(22)31;1-13(2)15-11-16(14-9-7-6-8-10-14)18-12-17(15)19(3,4)5;/h2-11,13-18H,1H3;6-9,11-13H,1-5H3;/q2*-1;. The zero-order valence-corrected chi connectivity index (χ0v) is 34.2. The number of rotatable bonds is 6. The number of pyridine rings is 2. The van der Waals surface area contributed by atoms with Crippen molar-refractivity contribution in [3.05, 3.63) is 163 Å². The second-order valence-corrected chi connectivity index (χ2v) is 19.5. The Morgan fingerprint density at radius 1 is 0.679 bits per heavy atom. The minimum absolute atomic E-state index is 0. The van der Waals surface area contributed by atoms with E-state index < -0.39 is 8.07 Å². The molecule has 3 heterocycles. The van der Waals surface area contributed by atoms with Crippen molar-refractivity contribution in [2.75, 3.05) is 0 Å². The van der Waals surface area contributed by atoms with Crippen LogP contribution in [0.15, 0.2) is 138 Å². The molecule has 0 aliphatic carbocycles. The van der Waals surface area contributed by atoms with Gasteiger partial charge in [-0.2, -0.15) is 0 Å². The topological polar surface area (TPSA) is 38.9 Å². The fraction of sp³-hybridized carbons (Fsp3) is 0.149. The van der Waals surface area contributed by atoms with Gasteiger partial charge in [0.2, 0.25) is 0 Å². The maximum Gasteiger partial charge on any atom is 0.131 e. The van der Waals surface area contributed by atoms with Gasteiger partial charge in [-0.25, -0.2) is 4.39 Å². The number of hydrogen-bond donors (Lipinski definition) is 0. The van der Waals surface area contributed by atoms with E-state index >= 15 is 0 Å². The van der Waals surface area contributed by atoms with Crippen LogP contribution >= 0.6 is 0 Å². The minimum atomic E-state index is -1.34. The van der Waals surface area contributed by atoms with Crippen LogP contribution < -0.4 is 5.19 Å². The van der Waals surface area contributed by atoms with Crippen molar-refractivity contribution >= 4 is 35.2 Å². The van der Waals surface area contributed by atoms with Gasteiger partial charge in [0.15, 0.2) is 0 Å². The van der Waals surface area contributed by atoms with Gasteiger partial charge >= 0.3 is 0 Å². The first kappa shape index (κ1) is 37.7. The predicted molar refractivity (Wildman–Crippen MR) is 217 cm³/mol. The van der Waals surface area contributed by atoms with Gasteiger partial charge in [-0.3, -0.25) is 0 Å². The van der Waals surface area contributed by atoms with Gasteiger partial charge in [0.25, 0.3) is 0 Å². The Morgan fingerprint density at radius 2 is 1.42 bits per heavy atom. The van der Waals surface area contributed by atoms with Gasteiger partial charge in [0.1, 0.15) is 11.4 Å². The van der Waals surface area contributed by atoms with Gasteiger partial charge in [-0.15, -0.1) is 54.1 Å². The van der Waals surface area contributed by atoms with E-state index in [9.17, 15) is 4.39 Å². The van der Waals surface area contributed by atoms with Crippen LogP contribution in [0.3, 0.4) is 0 Å². The molecule has 0 aliphatic heterocycles. The van der Waals surface area contributed by atoms with Crippen molar-refractivity contribution in [3.8, 4) is 44.8 Å². The van der Waals surface area contributed by atoms with E-state index in [4.69, 9.17) is 9.40 Å². The van der Waals surface area contributed by atoms with Crippen LogP contribution in [-0.2, 0) is 20.1 Å². The quantitative estimate of drug-likeness (QED) is 0.123. The molecule has 3 aromatic heterocycles. The van der Waals surface area contributed by atoms with Crippen molar-refractivity contribution in [3.63, 3.8) is 0 Å². The molecule has 1 radical (unpaired) electrons. The summed E-state index contributed by atoms with van der Waals surface area (Å²) in [4.78, 5) is 9.40. The molecule has 0 aliphatic rings. The van der Waals surface area contributed by atoms with Crippen molar-refractivity contribution in [1.29, 1.82) is 0 Å². The van der Waals surface area contributed by atoms with Crippen LogP contribution in [0.4, 0.5) is 4.39 Å². The summed E-state index contributed by atoms with van der Waals surface area (Å²) in [5, 5.41) is 3.45. The maximum absolute atomic E-state index is 14.3. The Kier molecular flexibility index (Phi) is 11.3. The van der Waals surface area contributed by atoms with E-state index in [0.29, 0.717) is 17.1 Å². The zero-order chi connectivity index (χ0) is 36.4. The molecule has 8 aromatic rings. The van der Waals surface area contributed by atoms with Crippen molar-refractivity contribution in [2.45, 2.75) is 46.3 Å². The summed E-state index contributed by atoms with van der Waals surface area (Å²) in [5.74, 6) is 0.285. The van der Waals surface area contributed by atoms with Crippen molar-refractivity contribution in [1.82, 2.24) is 9.97 Å². The summed E-state index contributed by atoms with van der Waals surface area (Å²) in [5.41, 5.74) is 11.3. The number of fused-ring (bicyclic) bond motifs is 3. The molecule has 53 heavy (non-hydrogen) atoms. The van der Waals surface area contributed by atoms with E-state index in [0.717, 1.165) is 61.1 Å². The Morgan fingerprint density at radius 3 is 2.11 bits per heavy atom. The van der Waals surface area contributed by atoms with Crippen LogP contribution in [0.25, 0.3) is 66.7 Å². The predicted octanol–water partition coefficient (Wildman–Crippen LogP) is 12.4. The molecular weight excluding hydrogens is 848 g/mol. The minimum Gasteiger partial charge on any atom is -0.501 e. The molecular formula is C47H41FIrN2OSi-2. The van der Waals surface area contributed by atoms with Crippen molar-refractivity contribution in [2.24, 2.45) is 0 Å². The molecule has 0 N–H and O–H groups in total.